The fraction of sp³-hybridized carbons (Fsp3) is 0.364. The summed E-state index contributed by atoms with van der Waals surface area (Å²) in [6.07, 6.45) is 4.89. The first-order valence-electron chi connectivity index (χ1n) is 9.56. The van der Waals surface area contributed by atoms with Crippen LogP contribution in [0.2, 0.25) is 0 Å². The van der Waals surface area contributed by atoms with Gasteiger partial charge in [-0.05, 0) is 51.2 Å². The molecule has 1 aromatic heterocycles. The highest BCUT2D eigenvalue weighted by molar-refractivity contribution is 5.85. The van der Waals surface area contributed by atoms with Gasteiger partial charge in [-0.15, -0.1) is 0 Å². The second-order valence-electron chi connectivity index (χ2n) is 7.64. The highest BCUT2D eigenvalue weighted by atomic mass is 15.4. The predicted molar refractivity (Wildman–Crippen MR) is 108 cm³/mol. The molecule has 0 radical (unpaired) electrons. The third-order valence-corrected chi connectivity index (χ3v) is 6.29. The normalized spacial score (nSPS) is 24.6. The van der Waals surface area contributed by atoms with Gasteiger partial charge in [-0.2, -0.15) is 0 Å². The Morgan fingerprint density at radius 3 is 2.85 bits per heavy atom. The smallest absolute Gasteiger partial charge is 0.108 e. The second-order valence-corrected chi connectivity index (χ2v) is 7.64. The van der Waals surface area contributed by atoms with Crippen molar-refractivity contribution in [2.45, 2.75) is 24.5 Å². The number of nitrogens with one attached hydrogen (secondary N) is 2. The second kappa shape index (κ2) is 5.86. The lowest BCUT2D eigenvalue weighted by Crippen LogP contribution is -2.46. The zero-order valence-corrected chi connectivity index (χ0v) is 15.5. The van der Waals surface area contributed by atoms with Gasteiger partial charge in [0.2, 0.25) is 0 Å². The van der Waals surface area contributed by atoms with E-state index in [1.165, 1.54) is 27.7 Å². The van der Waals surface area contributed by atoms with Gasteiger partial charge in [-0.1, -0.05) is 36.4 Å². The fourth-order valence-corrected chi connectivity index (χ4v) is 5.04. The van der Waals surface area contributed by atoms with Gasteiger partial charge in [0.1, 0.15) is 11.7 Å². The average Bonchev–Trinajstić information content (AvgIpc) is 3.31. The van der Waals surface area contributed by atoms with Crippen molar-refractivity contribution < 1.29 is 0 Å². The van der Waals surface area contributed by atoms with Crippen molar-refractivity contribution in [2.75, 3.05) is 32.5 Å². The van der Waals surface area contributed by atoms with Gasteiger partial charge in [0.25, 0.3) is 0 Å². The number of hydrogen-bond acceptors (Lipinski definition) is 3. The lowest BCUT2D eigenvalue weighted by Gasteiger charge is -2.34. The first kappa shape index (κ1) is 15.9. The number of nitrogens with zero attached hydrogens (tertiary/aromatic N) is 2. The Labute approximate surface area is 154 Å². The van der Waals surface area contributed by atoms with Crippen LogP contribution in [0.1, 0.15) is 17.5 Å². The third kappa shape index (κ3) is 2.03. The molecule has 4 nitrogen and oxygen atoms in total. The summed E-state index contributed by atoms with van der Waals surface area (Å²) in [5.74, 6) is 0. The Kier molecular flexibility index (Phi) is 3.59. The number of para-hydroxylation sites is 2. The number of likely N-dealkylation sites (tertiary alicyclic amines) is 1. The van der Waals surface area contributed by atoms with E-state index in [0.717, 1.165) is 25.9 Å². The van der Waals surface area contributed by atoms with Crippen molar-refractivity contribution >= 4 is 16.6 Å². The molecule has 1 saturated heterocycles. The van der Waals surface area contributed by atoms with E-state index in [9.17, 15) is 0 Å². The van der Waals surface area contributed by atoms with Crippen LogP contribution in [0.15, 0.2) is 54.7 Å². The van der Waals surface area contributed by atoms with Crippen molar-refractivity contribution in [3.8, 4) is 0 Å². The van der Waals surface area contributed by atoms with Gasteiger partial charge in [0.15, 0.2) is 0 Å². The predicted octanol–water partition coefficient (Wildman–Crippen LogP) is 3.23. The van der Waals surface area contributed by atoms with Gasteiger partial charge < -0.3 is 15.2 Å². The highest BCUT2D eigenvalue weighted by Gasteiger charge is 2.54. The minimum absolute atomic E-state index is 0.0388. The summed E-state index contributed by atoms with van der Waals surface area (Å²) in [5, 5.41) is 8.48. The van der Waals surface area contributed by atoms with Gasteiger partial charge in [0.05, 0.1) is 0 Å². The Morgan fingerprint density at radius 2 is 1.96 bits per heavy atom. The van der Waals surface area contributed by atoms with Gasteiger partial charge in [0, 0.05) is 34.9 Å². The van der Waals surface area contributed by atoms with Crippen LogP contribution in [0, 0.1) is 0 Å². The van der Waals surface area contributed by atoms with Crippen molar-refractivity contribution in [1.29, 1.82) is 0 Å². The fourth-order valence-electron chi connectivity index (χ4n) is 5.04. The van der Waals surface area contributed by atoms with Gasteiger partial charge >= 0.3 is 0 Å². The van der Waals surface area contributed by atoms with E-state index < -0.39 is 0 Å². The van der Waals surface area contributed by atoms with Crippen LogP contribution < -0.4 is 10.6 Å². The zero-order valence-electron chi connectivity index (χ0n) is 15.5. The molecule has 0 aliphatic carbocycles. The Balaban J connectivity index is 1.76. The van der Waals surface area contributed by atoms with E-state index in [-0.39, 0.29) is 5.54 Å². The number of hydrogen-bond donors (Lipinski definition) is 2. The molecule has 2 aromatic carbocycles. The topological polar surface area (TPSA) is 32.2 Å². The molecule has 0 bridgehead atoms. The molecule has 2 aliphatic rings. The SMILES string of the molecule is CNCCc1cn(C23CCN(C)C2Nc2ccccc23)c2ccccc12. The number of fused-ring (bicyclic) bond motifs is 4. The maximum absolute atomic E-state index is 3.80. The van der Waals surface area contributed by atoms with E-state index >= 15 is 0 Å². The summed E-state index contributed by atoms with van der Waals surface area (Å²) < 4.78 is 2.57. The number of benzene rings is 2. The van der Waals surface area contributed by atoms with Crippen LogP contribution >= 0.6 is 0 Å². The van der Waals surface area contributed by atoms with Crippen LogP contribution in [0.25, 0.3) is 10.9 Å². The monoisotopic (exact) mass is 346 g/mol. The number of likely N-dealkylation sites (N-methyl/N-ethyl adjacent to an activating group) is 2. The maximum Gasteiger partial charge on any atom is 0.108 e. The summed E-state index contributed by atoms with van der Waals surface area (Å²) in [5.41, 5.74) is 5.44. The summed E-state index contributed by atoms with van der Waals surface area (Å²) in [6.45, 7) is 2.10. The van der Waals surface area contributed by atoms with E-state index in [1.807, 2.05) is 7.05 Å². The summed E-state index contributed by atoms with van der Waals surface area (Å²) in [4.78, 5) is 2.46. The molecule has 26 heavy (non-hydrogen) atoms. The van der Waals surface area contributed by atoms with Crippen LogP contribution in [0.4, 0.5) is 5.69 Å². The molecule has 0 saturated carbocycles. The number of anilines is 1. The van der Waals surface area contributed by atoms with E-state index in [2.05, 4.69) is 81.9 Å². The summed E-state index contributed by atoms with van der Waals surface area (Å²) in [7, 11) is 4.26. The number of aromatic nitrogens is 1. The van der Waals surface area contributed by atoms with Gasteiger partial charge in [-0.25, -0.2) is 0 Å². The van der Waals surface area contributed by atoms with Crippen LogP contribution in [-0.4, -0.2) is 42.8 Å². The molecular formula is C22H26N4. The maximum atomic E-state index is 3.80. The van der Waals surface area contributed by atoms with Crippen molar-refractivity contribution in [3.63, 3.8) is 0 Å². The molecule has 2 unspecified atom stereocenters. The minimum atomic E-state index is -0.0388. The lowest BCUT2D eigenvalue weighted by atomic mass is 9.88. The minimum Gasteiger partial charge on any atom is -0.367 e. The van der Waals surface area contributed by atoms with Crippen molar-refractivity contribution in [3.05, 3.63) is 65.9 Å². The average molecular weight is 346 g/mol. The summed E-state index contributed by atoms with van der Waals surface area (Å²) >= 11 is 0. The summed E-state index contributed by atoms with van der Waals surface area (Å²) in [6, 6.07) is 17.7. The quantitative estimate of drug-likeness (QED) is 0.761. The Morgan fingerprint density at radius 1 is 1.15 bits per heavy atom. The van der Waals surface area contributed by atoms with E-state index in [0.29, 0.717) is 6.17 Å². The molecule has 2 N–H and O–H groups in total. The van der Waals surface area contributed by atoms with Crippen LogP contribution in [-0.2, 0) is 12.0 Å². The molecule has 1 fully saturated rings. The standard InChI is InChI=1S/C22H26N4/c1-23-13-11-16-15-26(20-10-6-3-7-17(16)20)22-12-14-25(2)21(22)24-19-9-5-4-8-18(19)22/h3-10,15,21,23-24H,11-14H2,1-2H3. The van der Waals surface area contributed by atoms with Crippen LogP contribution in [0.3, 0.4) is 0 Å². The molecule has 3 aromatic rings. The zero-order chi connectivity index (χ0) is 17.7. The van der Waals surface area contributed by atoms with Gasteiger partial charge in [-0.3, -0.25) is 4.90 Å². The third-order valence-electron chi connectivity index (χ3n) is 6.29. The Hall–Kier alpha value is -2.30. The number of rotatable bonds is 4. The largest absolute Gasteiger partial charge is 0.367 e. The molecule has 3 heterocycles. The molecule has 4 heteroatoms. The van der Waals surface area contributed by atoms with Crippen molar-refractivity contribution in [1.82, 2.24) is 14.8 Å². The van der Waals surface area contributed by atoms with Crippen LogP contribution in [0.5, 0.6) is 0 Å². The van der Waals surface area contributed by atoms with E-state index in [1.54, 1.807) is 0 Å². The highest BCUT2D eigenvalue weighted by Crippen LogP contribution is 2.50. The molecular weight excluding hydrogens is 320 g/mol. The lowest BCUT2D eigenvalue weighted by molar-refractivity contribution is 0.261. The van der Waals surface area contributed by atoms with E-state index in [4.69, 9.17) is 0 Å². The van der Waals surface area contributed by atoms with Crippen molar-refractivity contribution in [2.24, 2.45) is 0 Å². The Bertz CT molecular complexity index is 960. The first-order chi connectivity index (χ1) is 12.8. The molecule has 2 aliphatic heterocycles. The first-order valence-corrected chi connectivity index (χ1v) is 9.56. The molecule has 5 rings (SSSR count). The molecule has 0 spiro atoms. The molecule has 134 valence electrons. The molecule has 2 atom stereocenters. The molecule has 0 amide bonds.